The van der Waals surface area contributed by atoms with Crippen molar-refractivity contribution >= 4 is 17.2 Å². The van der Waals surface area contributed by atoms with Gasteiger partial charge in [0.05, 0.1) is 6.54 Å². The predicted molar refractivity (Wildman–Crippen MR) is 76.8 cm³/mol. The molecule has 0 saturated heterocycles. The molecule has 1 fully saturated rings. The van der Waals surface area contributed by atoms with E-state index in [4.69, 9.17) is 0 Å². The van der Waals surface area contributed by atoms with E-state index in [9.17, 15) is 4.79 Å². The van der Waals surface area contributed by atoms with Crippen LogP contribution in [-0.2, 0) is 11.3 Å². The van der Waals surface area contributed by atoms with Crippen LogP contribution in [0.1, 0.15) is 30.0 Å². The maximum absolute atomic E-state index is 12.3. The Balaban J connectivity index is 1.54. The van der Waals surface area contributed by atoms with Crippen molar-refractivity contribution in [2.45, 2.75) is 32.7 Å². The lowest BCUT2D eigenvalue weighted by Crippen LogP contribution is -2.28. The number of hydrogen-bond donors (Lipinski definition) is 0. The first-order valence-corrected chi connectivity index (χ1v) is 7.83. The number of amides is 1. The summed E-state index contributed by atoms with van der Waals surface area (Å²) in [6.45, 7) is 2.64. The topological polar surface area (TPSA) is 33.2 Å². The van der Waals surface area contributed by atoms with Gasteiger partial charge in [0.25, 0.3) is 0 Å². The summed E-state index contributed by atoms with van der Waals surface area (Å²) in [5.74, 6) is 2.24. The Bertz CT molecular complexity index is 508. The minimum Gasteiger partial charge on any atom is -0.339 e. The Morgan fingerprint density at radius 2 is 2.32 bits per heavy atom. The second-order valence-electron chi connectivity index (χ2n) is 5.88. The molecule has 2 aliphatic carbocycles. The molecule has 1 heterocycles. The molecule has 3 atom stereocenters. The van der Waals surface area contributed by atoms with Crippen LogP contribution in [0.15, 0.2) is 17.5 Å². The number of thiazole rings is 1. The third kappa shape index (κ3) is 2.73. The van der Waals surface area contributed by atoms with Gasteiger partial charge in [0.15, 0.2) is 0 Å². The van der Waals surface area contributed by atoms with Crippen molar-refractivity contribution in [3.8, 4) is 0 Å². The van der Waals surface area contributed by atoms with Crippen molar-refractivity contribution in [1.29, 1.82) is 0 Å². The first kappa shape index (κ1) is 12.9. The summed E-state index contributed by atoms with van der Waals surface area (Å²) in [4.78, 5) is 18.5. The number of fused-ring (bicyclic) bond motifs is 2. The molecule has 0 aromatic carbocycles. The summed E-state index contributed by atoms with van der Waals surface area (Å²) in [5.41, 5.74) is 1.04. The highest BCUT2D eigenvalue weighted by molar-refractivity contribution is 7.09. The van der Waals surface area contributed by atoms with E-state index in [0.29, 0.717) is 24.8 Å². The Labute approximate surface area is 118 Å². The van der Waals surface area contributed by atoms with E-state index in [-0.39, 0.29) is 5.91 Å². The van der Waals surface area contributed by atoms with Gasteiger partial charge in [0.2, 0.25) is 5.91 Å². The van der Waals surface area contributed by atoms with Crippen LogP contribution in [0.2, 0.25) is 0 Å². The second-order valence-corrected chi connectivity index (χ2v) is 6.82. The van der Waals surface area contributed by atoms with Gasteiger partial charge in [-0.2, -0.15) is 0 Å². The van der Waals surface area contributed by atoms with Crippen molar-refractivity contribution in [2.75, 3.05) is 7.05 Å². The summed E-state index contributed by atoms with van der Waals surface area (Å²) in [6, 6.07) is 0. The number of allylic oxidation sites excluding steroid dienone is 2. The lowest BCUT2D eigenvalue weighted by molar-refractivity contribution is -0.131. The first-order chi connectivity index (χ1) is 9.11. The highest BCUT2D eigenvalue weighted by atomic mass is 32.1. The smallest absolute Gasteiger partial charge is 0.222 e. The minimum atomic E-state index is 0.263. The van der Waals surface area contributed by atoms with E-state index in [0.717, 1.165) is 16.6 Å². The zero-order chi connectivity index (χ0) is 13.4. The third-order valence-electron chi connectivity index (χ3n) is 4.32. The summed E-state index contributed by atoms with van der Waals surface area (Å²) in [6.07, 6.45) is 7.82. The highest BCUT2D eigenvalue weighted by Gasteiger charge is 2.36. The van der Waals surface area contributed by atoms with Gasteiger partial charge in [-0.3, -0.25) is 4.79 Å². The molecule has 2 aliphatic rings. The van der Waals surface area contributed by atoms with E-state index in [1.54, 1.807) is 11.3 Å². The van der Waals surface area contributed by atoms with Gasteiger partial charge in [-0.1, -0.05) is 12.2 Å². The van der Waals surface area contributed by atoms with Crippen LogP contribution in [0.5, 0.6) is 0 Å². The van der Waals surface area contributed by atoms with Crippen LogP contribution in [0.4, 0.5) is 0 Å². The molecule has 3 nitrogen and oxygen atoms in total. The molecule has 102 valence electrons. The van der Waals surface area contributed by atoms with E-state index in [2.05, 4.69) is 17.1 Å². The minimum absolute atomic E-state index is 0.263. The van der Waals surface area contributed by atoms with E-state index in [1.807, 2.05) is 24.3 Å². The lowest BCUT2D eigenvalue weighted by Gasteiger charge is -2.21. The number of nitrogens with zero attached hydrogens (tertiary/aromatic N) is 2. The van der Waals surface area contributed by atoms with Gasteiger partial charge < -0.3 is 4.90 Å². The maximum atomic E-state index is 12.3. The van der Waals surface area contributed by atoms with E-state index in [1.165, 1.54) is 12.8 Å². The van der Waals surface area contributed by atoms with Crippen molar-refractivity contribution in [2.24, 2.45) is 17.8 Å². The van der Waals surface area contributed by atoms with Crippen LogP contribution >= 0.6 is 11.3 Å². The molecular weight excluding hydrogens is 256 g/mol. The predicted octanol–water partition coefficient (Wildman–Crippen LogP) is 3.01. The molecule has 0 spiro atoms. The van der Waals surface area contributed by atoms with Crippen molar-refractivity contribution in [3.63, 3.8) is 0 Å². The Kier molecular flexibility index (Phi) is 3.44. The molecule has 1 aromatic rings. The molecule has 3 rings (SSSR count). The summed E-state index contributed by atoms with van der Waals surface area (Å²) in [7, 11) is 1.89. The first-order valence-electron chi connectivity index (χ1n) is 6.95. The number of aromatic nitrogens is 1. The molecule has 4 heteroatoms. The average molecular weight is 276 g/mol. The average Bonchev–Trinajstić information content (AvgIpc) is 3.06. The molecule has 1 saturated carbocycles. The van der Waals surface area contributed by atoms with E-state index >= 15 is 0 Å². The van der Waals surface area contributed by atoms with Crippen LogP contribution in [0, 0.1) is 24.7 Å². The Morgan fingerprint density at radius 3 is 2.89 bits per heavy atom. The number of aryl methyl sites for hydroxylation is 1. The molecule has 2 bridgehead atoms. The molecule has 1 aromatic heterocycles. The standard InChI is InChI=1S/C15H20N2OS/c1-10-9-19-14(16-10)8-17(2)15(18)7-13-6-11-3-4-12(13)5-11/h3-4,9,11-13H,5-8H2,1-2H3/t11-,12+,13+/m1/s1. The monoisotopic (exact) mass is 276 g/mol. The van der Waals surface area contributed by atoms with Crippen molar-refractivity contribution < 1.29 is 4.79 Å². The third-order valence-corrected chi connectivity index (χ3v) is 5.27. The maximum Gasteiger partial charge on any atom is 0.222 e. The molecule has 19 heavy (non-hydrogen) atoms. The second kappa shape index (κ2) is 5.08. The number of rotatable bonds is 4. The molecular formula is C15H20N2OS. The fourth-order valence-corrected chi connectivity index (χ4v) is 4.10. The van der Waals surface area contributed by atoms with Gasteiger partial charge in [0.1, 0.15) is 5.01 Å². The zero-order valence-corrected chi connectivity index (χ0v) is 12.3. The SMILES string of the molecule is Cc1csc(CN(C)C(=O)C[C@@H]2C[C@@H]3C=C[C@H]2C3)n1. The summed E-state index contributed by atoms with van der Waals surface area (Å²) < 4.78 is 0. The molecule has 0 aliphatic heterocycles. The fraction of sp³-hybridized carbons (Fsp3) is 0.600. The van der Waals surface area contributed by atoms with Crippen molar-refractivity contribution in [1.82, 2.24) is 9.88 Å². The molecule has 0 radical (unpaired) electrons. The van der Waals surface area contributed by atoms with Gasteiger partial charge in [-0.05, 0) is 37.5 Å². The molecule has 0 unspecified atom stereocenters. The van der Waals surface area contributed by atoms with Crippen LogP contribution < -0.4 is 0 Å². The van der Waals surface area contributed by atoms with Gasteiger partial charge in [-0.15, -0.1) is 11.3 Å². The fourth-order valence-electron chi connectivity index (χ4n) is 3.28. The van der Waals surface area contributed by atoms with E-state index < -0.39 is 0 Å². The quantitative estimate of drug-likeness (QED) is 0.792. The van der Waals surface area contributed by atoms with Crippen LogP contribution in [0.3, 0.4) is 0 Å². The summed E-state index contributed by atoms with van der Waals surface area (Å²) >= 11 is 1.63. The normalized spacial score (nSPS) is 28.0. The zero-order valence-electron chi connectivity index (χ0n) is 11.5. The van der Waals surface area contributed by atoms with Gasteiger partial charge in [-0.25, -0.2) is 4.98 Å². The van der Waals surface area contributed by atoms with Crippen LogP contribution in [0.25, 0.3) is 0 Å². The van der Waals surface area contributed by atoms with Gasteiger partial charge in [0, 0.05) is 24.5 Å². The van der Waals surface area contributed by atoms with Crippen molar-refractivity contribution in [3.05, 3.63) is 28.2 Å². The summed E-state index contributed by atoms with van der Waals surface area (Å²) in [5, 5.41) is 3.06. The number of carbonyl (C=O) groups excluding carboxylic acids is 1. The molecule has 1 amide bonds. The van der Waals surface area contributed by atoms with Gasteiger partial charge >= 0.3 is 0 Å². The largest absolute Gasteiger partial charge is 0.339 e. The number of hydrogen-bond acceptors (Lipinski definition) is 3. The Hall–Kier alpha value is -1.16. The number of carbonyl (C=O) groups is 1. The lowest BCUT2D eigenvalue weighted by atomic mass is 9.90. The Morgan fingerprint density at radius 1 is 1.47 bits per heavy atom. The van der Waals surface area contributed by atoms with Crippen LogP contribution in [-0.4, -0.2) is 22.8 Å². The highest BCUT2D eigenvalue weighted by Crippen LogP contribution is 2.45. The molecule has 0 N–H and O–H groups in total.